The third kappa shape index (κ3) is 19.0. The minimum absolute atomic E-state index is 0.143. The van der Waals surface area contributed by atoms with Crippen molar-refractivity contribution in [2.75, 3.05) is 6.61 Å². The van der Waals surface area contributed by atoms with Crippen molar-refractivity contribution in [3.05, 3.63) is 133 Å². The van der Waals surface area contributed by atoms with E-state index in [4.69, 9.17) is 9.73 Å². The second kappa shape index (κ2) is 29.9. The molecular formula is C57H76CoN3O. The van der Waals surface area contributed by atoms with Crippen LogP contribution in [0.2, 0.25) is 5.36 Å². The Morgan fingerprint density at radius 3 is 1.56 bits per heavy atom. The Bertz CT molecular complexity index is 1930. The third-order valence-corrected chi connectivity index (χ3v) is 11.6. The number of nitrogens with zero attached hydrogens (tertiary/aromatic N) is 3. The van der Waals surface area contributed by atoms with Gasteiger partial charge in [-0.1, -0.05) is 183 Å². The van der Waals surface area contributed by atoms with E-state index in [0.717, 1.165) is 63.7 Å². The van der Waals surface area contributed by atoms with E-state index in [-0.39, 0.29) is 5.41 Å². The van der Waals surface area contributed by atoms with E-state index < -0.39 is 0 Å². The van der Waals surface area contributed by atoms with Gasteiger partial charge in [-0.3, -0.25) is 9.98 Å². The van der Waals surface area contributed by atoms with Crippen molar-refractivity contribution < 1.29 is 20.5 Å². The maximum atomic E-state index is 6.69. The number of para-hydroxylation sites is 1. The van der Waals surface area contributed by atoms with Crippen molar-refractivity contribution in [1.29, 1.82) is 0 Å². The van der Waals surface area contributed by atoms with Crippen molar-refractivity contribution >= 4 is 23.3 Å². The van der Waals surface area contributed by atoms with Crippen LogP contribution in [-0.4, -0.2) is 23.5 Å². The van der Waals surface area contributed by atoms with Gasteiger partial charge in [0.1, 0.15) is 5.75 Å². The predicted octanol–water partition coefficient (Wildman–Crippen LogP) is 17.6. The average molecular weight is 878 g/mol. The van der Waals surface area contributed by atoms with E-state index in [1.165, 1.54) is 115 Å². The molecule has 1 aromatic heterocycles. The fourth-order valence-electron chi connectivity index (χ4n) is 7.86. The zero-order chi connectivity index (χ0) is 44.1. The summed E-state index contributed by atoms with van der Waals surface area (Å²) >= 11 is 4.15. The number of hydrogen-bond acceptors (Lipinski definition) is 4. The number of unbranched alkanes of at least 4 members (excludes halogenated alkanes) is 17. The van der Waals surface area contributed by atoms with Crippen LogP contribution in [0.15, 0.2) is 132 Å². The Labute approximate surface area is 385 Å². The summed E-state index contributed by atoms with van der Waals surface area (Å²) in [7, 11) is 0. The van der Waals surface area contributed by atoms with Crippen LogP contribution in [0.4, 0.5) is 11.4 Å². The number of aromatic nitrogens is 1. The Kier molecular flexibility index (Phi) is 24.3. The first-order valence-corrected chi connectivity index (χ1v) is 24.6. The summed E-state index contributed by atoms with van der Waals surface area (Å²) < 4.78 is 6.69. The molecule has 0 atom stereocenters. The Morgan fingerprint density at radius 1 is 0.613 bits per heavy atom. The number of benzene rings is 4. The number of hydrogen-bond donors (Lipinski definition) is 0. The largest absolute Gasteiger partial charge is 0.492 e. The van der Waals surface area contributed by atoms with Gasteiger partial charge in [0.2, 0.25) is 0 Å². The van der Waals surface area contributed by atoms with Gasteiger partial charge in [-0.2, -0.15) is 0 Å². The fourth-order valence-corrected chi connectivity index (χ4v) is 7.96. The summed E-state index contributed by atoms with van der Waals surface area (Å²) in [5.41, 5.74) is 9.78. The summed E-state index contributed by atoms with van der Waals surface area (Å²) in [6, 6.07) is 37.7. The van der Waals surface area contributed by atoms with E-state index >= 15 is 0 Å². The van der Waals surface area contributed by atoms with E-state index in [2.05, 4.69) is 144 Å². The quantitative estimate of drug-likeness (QED) is 0.0410. The molecule has 5 aromatic rings. The SMILES string of the molecule is CC(C)(C)c1ccccc1N=C[CH2][Co].CCCCCCCCCCCCCCCCCCCCOc1c(-c2ccccc2)cc(N=C(C)c2cccnc2)cc1-c1ccccc1. The molecule has 0 saturated carbocycles. The van der Waals surface area contributed by atoms with Gasteiger partial charge in [0.05, 0.1) is 12.3 Å². The molecule has 0 fully saturated rings. The molecule has 0 spiro atoms. The smallest absolute Gasteiger partial charge is 0.135 e. The van der Waals surface area contributed by atoms with Crippen molar-refractivity contribution in [2.45, 2.75) is 161 Å². The first kappa shape index (κ1) is 50.3. The number of pyridine rings is 1. The molecule has 0 N–H and O–H groups in total. The van der Waals surface area contributed by atoms with Crippen LogP contribution in [-0.2, 0) is 21.2 Å². The Balaban J connectivity index is 0.000000511. The molecule has 62 heavy (non-hydrogen) atoms. The molecule has 0 unspecified atom stereocenters. The number of ether oxygens (including phenoxy) is 1. The predicted molar refractivity (Wildman–Crippen MR) is 266 cm³/mol. The van der Waals surface area contributed by atoms with Gasteiger partial charge in [0.25, 0.3) is 0 Å². The van der Waals surface area contributed by atoms with Gasteiger partial charge in [-0.15, -0.1) is 0 Å². The van der Waals surface area contributed by atoms with E-state index in [1.807, 2.05) is 37.5 Å². The van der Waals surface area contributed by atoms with E-state index in [9.17, 15) is 0 Å². The second-order valence-corrected chi connectivity index (χ2v) is 18.0. The van der Waals surface area contributed by atoms with Crippen molar-refractivity contribution in [3.8, 4) is 28.0 Å². The number of rotatable bonds is 26. The molecule has 5 heteroatoms. The van der Waals surface area contributed by atoms with Crippen LogP contribution in [0.25, 0.3) is 22.3 Å². The Hall–Kier alpha value is -4.32. The van der Waals surface area contributed by atoms with Gasteiger partial charge < -0.3 is 4.74 Å². The van der Waals surface area contributed by atoms with Crippen molar-refractivity contribution in [2.24, 2.45) is 9.98 Å². The van der Waals surface area contributed by atoms with Gasteiger partial charge in [-0.05, 0) is 42.7 Å². The molecule has 334 valence electrons. The molecule has 1 heterocycles. The minimum atomic E-state index is 0.143. The molecule has 0 amide bonds. The van der Waals surface area contributed by atoms with Crippen LogP contribution in [0.3, 0.4) is 0 Å². The Morgan fingerprint density at radius 2 is 1.10 bits per heavy atom. The molecule has 5 rings (SSSR count). The maximum absolute atomic E-state index is 6.69. The topological polar surface area (TPSA) is 46.8 Å². The molecule has 0 aliphatic heterocycles. The summed E-state index contributed by atoms with van der Waals surface area (Å²) in [5.74, 6) is 0.942. The molecule has 0 aliphatic carbocycles. The molecular weight excluding hydrogens is 802 g/mol. The molecule has 4 aromatic carbocycles. The van der Waals surface area contributed by atoms with E-state index in [0.29, 0.717) is 5.36 Å². The summed E-state index contributed by atoms with van der Waals surface area (Å²) in [4.78, 5) is 13.7. The van der Waals surface area contributed by atoms with Crippen LogP contribution in [0.5, 0.6) is 5.75 Å². The van der Waals surface area contributed by atoms with Gasteiger partial charge in [-0.25, -0.2) is 0 Å². The van der Waals surface area contributed by atoms with Crippen molar-refractivity contribution in [1.82, 2.24) is 4.98 Å². The first-order valence-electron chi connectivity index (χ1n) is 23.8. The van der Waals surface area contributed by atoms with Crippen LogP contribution < -0.4 is 4.74 Å². The average Bonchev–Trinajstić information content (AvgIpc) is 3.30. The molecule has 0 saturated heterocycles. The third-order valence-electron chi connectivity index (χ3n) is 11.4. The summed E-state index contributed by atoms with van der Waals surface area (Å²) in [6.45, 7) is 11.6. The monoisotopic (exact) mass is 878 g/mol. The fraction of sp³-hybridized carbons (Fsp3) is 0.456. The standard InChI is InChI=1S/C45H60N2O.C12H16N.Co/c1-3-4-5-6-7-8-9-10-11-12-13-14-15-16-17-18-19-26-34-48-45-43(39-28-22-20-23-29-39)35-42(36-44(45)40-30-24-21-25-31-40)47-38(2)41-32-27-33-46-37-41;1-5-13-11-9-7-6-8-10(11)12(2,3)4;/h20-25,27-33,35-37H,3-19,26,34H2,1-2H3;5-9H,1H2,2-4H3;. The van der Waals surface area contributed by atoms with Gasteiger partial charge >= 0.3 is 94.0 Å². The van der Waals surface area contributed by atoms with Gasteiger partial charge in [0, 0.05) is 34.8 Å². The van der Waals surface area contributed by atoms with Gasteiger partial charge in [0.15, 0.2) is 0 Å². The summed E-state index contributed by atoms with van der Waals surface area (Å²) in [6.07, 6.45) is 30.3. The minimum Gasteiger partial charge on any atom is -0.492 e. The van der Waals surface area contributed by atoms with Crippen molar-refractivity contribution in [3.63, 3.8) is 0 Å². The first-order chi connectivity index (χ1) is 30.3. The molecule has 0 radical (unpaired) electrons. The zero-order valence-electron chi connectivity index (χ0n) is 38.8. The second-order valence-electron chi connectivity index (χ2n) is 17.6. The zero-order valence-corrected chi connectivity index (χ0v) is 39.9. The van der Waals surface area contributed by atoms with Crippen LogP contribution in [0, 0.1) is 0 Å². The summed E-state index contributed by atoms with van der Waals surface area (Å²) in [5, 5.41) is 0.672. The van der Waals surface area contributed by atoms with Crippen LogP contribution in [0.1, 0.15) is 161 Å². The molecule has 0 bridgehead atoms. The normalized spacial score (nSPS) is 11.8. The number of aliphatic imine (C=N–C) groups is 2. The van der Waals surface area contributed by atoms with E-state index in [1.54, 1.807) is 6.20 Å². The molecule has 0 aliphatic rings. The maximum Gasteiger partial charge on any atom is 0.135 e. The molecule has 4 nitrogen and oxygen atoms in total. The van der Waals surface area contributed by atoms with Crippen LogP contribution >= 0.6 is 0 Å².